The van der Waals surface area contributed by atoms with Gasteiger partial charge in [-0.2, -0.15) is 5.10 Å². The van der Waals surface area contributed by atoms with Crippen molar-refractivity contribution in [2.75, 3.05) is 6.54 Å². The molecule has 1 saturated heterocycles. The smallest absolute Gasteiger partial charge is 0.325 e. The van der Waals surface area contributed by atoms with E-state index in [9.17, 15) is 14.4 Å². The summed E-state index contributed by atoms with van der Waals surface area (Å²) in [5, 5.41) is 10.3. The van der Waals surface area contributed by atoms with Gasteiger partial charge in [-0.05, 0) is 43.2 Å². The van der Waals surface area contributed by atoms with Gasteiger partial charge in [0.05, 0.1) is 6.54 Å². The lowest BCUT2D eigenvalue weighted by Crippen LogP contribution is -2.44. The maximum atomic E-state index is 12.6. The van der Waals surface area contributed by atoms with Gasteiger partial charge in [-0.3, -0.25) is 14.5 Å². The summed E-state index contributed by atoms with van der Waals surface area (Å²) in [5.41, 5.74) is -0.402. The molecule has 0 bridgehead atoms. The quantitative estimate of drug-likeness (QED) is 0.644. The highest BCUT2D eigenvalue weighted by Gasteiger charge is 2.52. The molecule has 1 saturated carbocycles. The fourth-order valence-electron chi connectivity index (χ4n) is 3.54. The minimum absolute atomic E-state index is 0.267. The molecule has 1 spiro atoms. The average Bonchev–Trinajstić information content (AvgIpc) is 3.24. The summed E-state index contributed by atoms with van der Waals surface area (Å²) in [4.78, 5) is 38.4. The van der Waals surface area contributed by atoms with Crippen LogP contribution in [0, 0.1) is 0 Å². The van der Waals surface area contributed by atoms with Gasteiger partial charge in [0.15, 0.2) is 5.78 Å². The Bertz CT molecular complexity index is 876. The molecule has 4 rings (SSSR count). The second kappa shape index (κ2) is 6.79. The number of hydrogen-bond donors (Lipinski definition) is 1. The first kappa shape index (κ1) is 17.1. The molecular weight excluding hydrogens is 348 g/mol. The molecule has 1 aliphatic carbocycles. The molecule has 27 heavy (non-hydrogen) atoms. The zero-order valence-corrected chi connectivity index (χ0v) is 14.6. The maximum Gasteiger partial charge on any atom is 0.325 e. The number of ether oxygens (including phenoxy) is 1. The van der Waals surface area contributed by atoms with E-state index >= 15 is 0 Å². The normalized spacial score (nSPS) is 18.0. The Morgan fingerprint density at radius 1 is 1.15 bits per heavy atom. The molecule has 1 N–H and O–H groups in total. The van der Waals surface area contributed by atoms with Crippen molar-refractivity contribution in [3.63, 3.8) is 0 Å². The molecule has 2 aliphatic rings. The van der Waals surface area contributed by atoms with Crippen molar-refractivity contribution in [1.29, 1.82) is 0 Å². The number of nitrogens with one attached hydrogen (secondary N) is 1. The van der Waals surface area contributed by atoms with Crippen LogP contribution >= 0.6 is 0 Å². The second-order valence-electron chi connectivity index (χ2n) is 6.72. The fraction of sp³-hybridized carbons (Fsp3) is 0.316. The van der Waals surface area contributed by atoms with Gasteiger partial charge in [0, 0.05) is 17.8 Å². The van der Waals surface area contributed by atoms with Crippen molar-refractivity contribution in [3.8, 4) is 11.6 Å². The molecule has 8 heteroatoms. The number of carbonyl (C=O) groups is 3. The number of hydrogen-bond acceptors (Lipinski definition) is 6. The number of rotatable bonds is 5. The van der Waals surface area contributed by atoms with E-state index in [-0.39, 0.29) is 18.2 Å². The van der Waals surface area contributed by atoms with Gasteiger partial charge in [-0.1, -0.05) is 12.8 Å². The van der Waals surface area contributed by atoms with E-state index in [0.717, 1.165) is 17.7 Å². The van der Waals surface area contributed by atoms with Crippen molar-refractivity contribution >= 4 is 17.7 Å². The topological polar surface area (TPSA) is 101 Å². The van der Waals surface area contributed by atoms with Crippen LogP contribution in [0.5, 0.6) is 11.6 Å². The highest BCUT2D eigenvalue weighted by atomic mass is 16.5. The lowest BCUT2D eigenvalue weighted by atomic mass is 9.98. The number of urea groups is 1. The molecular formula is C19H18N4O4. The molecule has 2 fully saturated rings. The Labute approximate surface area is 155 Å². The number of ketones is 1. The van der Waals surface area contributed by atoms with Gasteiger partial charge in [0.1, 0.15) is 11.3 Å². The largest absolute Gasteiger partial charge is 0.438 e. The summed E-state index contributed by atoms with van der Waals surface area (Å²) in [5.74, 6) is 0.255. The molecule has 8 nitrogen and oxygen atoms in total. The Morgan fingerprint density at radius 3 is 2.56 bits per heavy atom. The molecule has 0 atom stereocenters. The van der Waals surface area contributed by atoms with Crippen LogP contribution in [0.25, 0.3) is 0 Å². The minimum atomic E-state index is -0.800. The molecule has 1 aromatic carbocycles. The first-order chi connectivity index (χ1) is 13.1. The van der Waals surface area contributed by atoms with Crippen molar-refractivity contribution in [1.82, 2.24) is 20.4 Å². The third kappa shape index (κ3) is 3.25. The van der Waals surface area contributed by atoms with Crippen LogP contribution in [0.4, 0.5) is 4.79 Å². The zero-order chi connectivity index (χ0) is 18.9. The number of benzene rings is 1. The van der Waals surface area contributed by atoms with E-state index in [4.69, 9.17) is 4.74 Å². The van der Waals surface area contributed by atoms with Gasteiger partial charge in [0.25, 0.3) is 5.91 Å². The summed E-state index contributed by atoms with van der Waals surface area (Å²) in [7, 11) is 0. The number of Topliss-reactive ketones (excluding diaryl/α,β-unsaturated/α-hetero) is 1. The standard InChI is InChI=1S/C19H18N4O4/c24-15(12-23-17(25)19(21-18(23)26)9-1-2-10-19)13-5-7-14(8-6-13)27-16-4-3-11-20-22-16/h3-8,11H,1-2,9-10,12H2,(H,21,26). The van der Waals surface area contributed by atoms with Crippen molar-refractivity contribution in [2.45, 2.75) is 31.2 Å². The number of nitrogens with zero attached hydrogens (tertiary/aromatic N) is 3. The minimum Gasteiger partial charge on any atom is -0.438 e. The lowest BCUT2D eigenvalue weighted by Gasteiger charge is -2.19. The van der Waals surface area contributed by atoms with Crippen LogP contribution in [0.3, 0.4) is 0 Å². The SMILES string of the molecule is O=C(CN1C(=O)NC2(CCCC2)C1=O)c1ccc(Oc2cccnn2)cc1. The van der Waals surface area contributed by atoms with Gasteiger partial charge in [-0.15, -0.1) is 5.10 Å². The van der Waals surface area contributed by atoms with Crippen LogP contribution < -0.4 is 10.1 Å². The third-order valence-electron chi connectivity index (χ3n) is 4.95. The van der Waals surface area contributed by atoms with E-state index in [0.29, 0.717) is 30.0 Å². The monoisotopic (exact) mass is 366 g/mol. The first-order valence-corrected chi connectivity index (χ1v) is 8.80. The molecule has 0 radical (unpaired) electrons. The zero-order valence-electron chi connectivity index (χ0n) is 14.6. The van der Waals surface area contributed by atoms with E-state index in [1.54, 1.807) is 42.6 Å². The number of amides is 3. The van der Waals surface area contributed by atoms with Crippen LogP contribution in [0.1, 0.15) is 36.0 Å². The molecule has 1 aromatic heterocycles. The summed E-state index contributed by atoms with van der Waals surface area (Å²) in [6.45, 7) is -0.267. The Hall–Kier alpha value is -3.29. The van der Waals surface area contributed by atoms with Crippen LogP contribution in [0.2, 0.25) is 0 Å². The van der Waals surface area contributed by atoms with E-state index in [1.165, 1.54) is 0 Å². The molecule has 2 heterocycles. The predicted octanol–water partition coefficient (Wildman–Crippen LogP) is 2.32. The number of carbonyl (C=O) groups excluding carboxylic acids is 3. The van der Waals surface area contributed by atoms with Crippen LogP contribution in [-0.4, -0.2) is 44.9 Å². The van der Waals surface area contributed by atoms with Gasteiger partial charge in [-0.25, -0.2) is 4.79 Å². The predicted molar refractivity (Wildman–Crippen MR) is 94.3 cm³/mol. The van der Waals surface area contributed by atoms with Gasteiger partial charge < -0.3 is 10.1 Å². The highest BCUT2D eigenvalue weighted by molar-refractivity contribution is 6.11. The lowest BCUT2D eigenvalue weighted by molar-refractivity contribution is -0.130. The maximum absolute atomic E-state index is 12.6. The molecule has 0 unspecified atom stereocenters. The number of imide groups is 1. The van der Waals surface area contributed by atoms with Crippen molar-refractivity contribution in [2.24, 2.45) is 0 Å². The van der Waals surface area contributed by atoms with E-state index in [1.807, 2.05) is 0 Å². The molecule has 2 aromatic rings. The number of aromatic nitrogens is 2. The second-order valence-corrected chi connectivity index (χ2v) is 6.72. The Balaban J connectivity index is 1.42. The fourth-order valence-corrected chi connectivity index (χ4v) is 3.54. The molecule has 1 aliphatic heterocycles. The molecule has 138 valence electrons. The first-order valence-electron chi connectivity index (χ1n) is 8.80. The van der Waals surface area contributed by atoms with E-state index < -0.39 is 11.6 Å². The summed E-state index contributed by atoms with van der Waals surface area (Å²) in [6.07, 6.45) is 4.62. The van der Waals surface area contributed by atoms with Crippen LogP contribution in [0.15, 0.2) is 42.6 Å². The Morgan fingerprint density at radius 2 is 1.89 bits per heavy atom. The van der Waals surface area contributed by atoms with Gasteiger partial charge >= 0.3 is 6.03 Å². The summed E-state index contributed by atoms with van der Waals surface area (Å²) < 4.78 is 5.53. The molecule has 3 amide bonds. The highest BCUT2D eigenvalue weighted by Crippen LogP contribution is 2.35. The van der Waals surface area contributed by atoms with Gasteiger partial charge in [0.2, 0.25) is 5.88 Å². The van der Waals surface area contributed by atoms with Crippen molar-refractivity contribution in [3.05, 3.63) is 48.2 Å². The third-order valence-corrected chi connectivity index (χ3v) is 4.95. The van der Waals surface area contributed by atoms with E-state index in [2.05, 4.69) is 15.5 Å². The average molecular weight is 366 g/mol. The summed E-state index contributed by atoms with van der Waals surface area (Å²) in [6, 6.07) is 9.34. The Kier molecular flexibility index (Phi) is 4.31. The van der Waals surface area contributed by atoms with Crippen LogP contribution in [-0.2, 0) is 4.79 Å². The summed E-state index contributed by atoms with van der Waals surface area (Å²) >= 11 is 0. The van der Waals surface area contributed by atoms with Crippen molar-refractivity contribution < 1.29 is 19.1 Å².